The normalized spacial score (nSPS) is 22.3. The lowest BCUT2D eigenvalue weighted by Crippen LogP contribution is -2.39. The molecule has 31 heavy (non-hydrogen) atoms. The van der Waals surface area contributed by atoms with Gasteiger partial charge in [0.1, 0.15) is 0 Å². The van der Waals surface area contributed by atoms with Gasteiger partial charge in [-0.3, -0.25) is 0 Å². The molecule has 0 bridgehead atoms. The second kappa shape index (κ2) is 8.71. The van der Waals surface area contributed by atoms with Gasteiger partial charge in [0.15, 0.2) is 11.9 Å². The Kier molecular flexibility index (Phi) is 5.64. The van der Waals surface area contributed by atoms with Gasteiger partial charge in [-0.25, -0.2) is 0 Å². The van der Waals surface area contributed by atoms with Gasteiger partial charge in [0, 0.05) is 22.9 Å². The fraction of sp³-hybridized carbons (Fsp3) is 0.320. The molecule has 0 saturated carbocycles. The van der Waals surface area contributed by atoms with Crippen molar-refractivity contribution in [2.75, 3.05) is 5.32 Å². The molecule has 2 heterocycles. The first-order valence-electron chi connectivity index (χ1n) is 10.8. The van der Waals surface area contributed by atoms with E-state index in [9.17, 15) is 0 Å². The maximum Gasteiger partial charge on any atom is 0.247 e. The smallest absolute Gasteiger partial charge is 0.247 e. The minimum Gasteiger partial charge on any atom is -0.452 e. The van der Waals surface area contributed by atoms with E-state index in [4.69, 9.17) is 9.72 Å². The molecule has 0 spiro atoms. The zero-order valence-corrected chi connectivity index (χ0v) is 18.6. The van der Waals surface area contributed by atoms with Crippen LogP contribution in [0.15, 0.2) is 71.4 Å². The highest BCUT2D eigenvalue weighted by Crippen LogP contribution is 2.40. The van der Waals surface area contributed by atoms with Crippen LogP contribution in [-0.4, -0.2) is 21.4 Å². The van der Waals surface area contributed by atoms with Gasteiger partial charge in [0.25, 0.3) is 0 Å². The molecule has 0 saturated heterocycles. The number of allylic oxidation sites excluding steroid dienone is 2. The van der Waals surface area contributed by atoms with E-state index in [1.54, 1.807) is 11.8 Å². The lowest BCUT2D eigenvalue weighted by Gasteiger charge is -2.34. The predicted octanol–water partition coefficient (Wildman–Crippen LogP) is 5.95. The quantitative estimate of drug-likeness (QED) is 0.407. The molecule has 0 fully saturated rings. The van der Waals surface area contributed by atoms with Crippen molar-refractivity contribution < 1.29 is 4.74 Å². The van der Waals surface area contributed by atoms with Crippen molar-refractivity contribution in [3.8, 4) is 17.1 Å². The first kappa shape index (κ1) is 20.1. The molecule has 3 aromatic rings. The van der Waals surface area contributed by atoms with Crippen LogP contribution < -0.4 is 10.1 Å². The summed E-state index contributed by atoms with van der Waals surface area (Å²) < 4.78 is 6.51. The number of hydrogen-bond donors (Lipinski definition) is 1. The topological polar surface area (TPSA) is 59.9 Å². The van der Waals surface area contributed by atoms with E-state index in [0.717, 1.165) is 29.8 Å². The summed E-state index contributed by atoms with van der Waals surface area (Å²) in [6.45, 7) is 4.52. The second-order valence-corrected chi connectivity index (χ2v) is 9.32. The van der Waals surface area contributed by atoms with Crippen LogP contribution in [0.1, 0.15) is 32.3 Å². The van der Waals surface area contributed by atoms with Crippen molar-refractivity contribution in [3.05, 3.63) is 71.8 Å². The van der Waals surface area contributed by atoms with E-state index < -0.39 is 0 Å². The lowest BCUT2D eigenvalue weighted by molar-refractivity contribution is 0.114. The molecule has 6 heteroatoms. The molecule has 5 nitrogen and oxygen atoms in total. The van der Waals surface area contributed by atoms with E-state index in [1.165, 1.54) is 11.1 Å². The molecule has 1 aromatic heterocycles. The summed E-state index contributed by atoms with van der Waals surface area (Å²) in [6, 6.07) is 18.5. The molecule has 2 aromatic carbocycles. The minimum absolute atomic E-state index is 0.162. The Morgan fingerprint density at radius 1 is 1.06 bits per heavy atom. The zero-order valence-electron chi connectivity index (χ0n) is 17.8. The van der Waals surface area contributed by atoms with Crippen LogP contribution in [0.5, 0.6) is 5.88 Å². The zero-order chi connectivity index (χ0) is 21.2. The Balaban J connectivity index is 1.46. The number of nitrogens with zero attached hydrogens (tertiary/aromatic N) is 3. The molecule has 1 N–H and O–H groups in total. The summed E-state index contributed by atoms with van der Waals surface area (Å²) in [5.41, 5.74) is 5.39. The van der Waals surface area contributed by atoms with Gasteiger partial charge in [-0.1, -0.05) is 78.9 Å². The average molecular weight is 431 g/mol. The van der Waals surface area contributed by atoms with Crippen LogP contribution in [0.2, 0.25) is 0 Å². The molecule has 1 aliphatic carbocycles. The van der Waals surface area contributed by atoms with Gasteiger partial charge >= 0.3 is 0 Å². The third-order valence-corrected chi connectivity index (χ3v) is 6.98. The van der Waals surface area contributed by atoms with Crippen molar-refractivity contribution in [1.82, 2.24) is 15.2 Å². The number of benzene rings is 2. The Morgan fingerprint density at radius 2 is 1.87 bits per heavy atom. The fourth-order valence-corrected chi connectivity index (χ4v) is 5.11. The number of para-hydroxylation sites is 1. The summed E-state index contributed by atoms with van der Waals surface area (Å²) in [5.74, 6) is 2.24. The summed E-state index contributed by atoms with van der Waals surface area (Å²) in [7, 11) is 0. The third-order valence-electron chi connectivity index (χ3n) is 6.07. The highest BCUT2D eigenvalue weighted by atomic mass is 32.2. The molecule has 2 aliphatic rings. The van der Waals surface area contributed by atoms with Crippen LogP contribution in [0.4, 0.5) is 5.69 Å². The second-order valence-electron chi connectivity index (χ2n) is 8.38. The predicted molar refractivity (Wildman–Crippen MR) is 125 cm³/mol. The molecular formula is C25H26N4OS. The number of thioether (sulfide) groups is 1. The summed E-state index contributed by atoms with van der Waals surface area (Å²) in [5, 5.41) is 13.2. The largest absolute Gasteiger partial charge is 0.452 e. The van der Waals surface area contributed by atoms with Gasteiger partial charge in [-0.2, -0.15) is 4.98 Å². The average Bonchev–Trinajstić information content (AvgIpc) is 2.95. The molecule has 0 radical (unpaired) electrons. The Labute approximate surface area is 187 Å². The van der Waals surface area contributed by atoms with Gasteiger partial charge in [0.05, 0.1) is 0 Å². The van der Waals surface area contributed by atoms with Crippen LogP contribution in [0.25, 0.3) is 11.3 Å². The number of hydrogen-bond acceptors (Lipinski definition) is 6. The maximum atomic E-state index is 6.51. The molecule has 3 atom stereocenters. The highest BCUT2D eigenvalue weighted by Gasteiger charge is 2.34. The van der Waals surface area contributed by atoms with Crippen LogP contribution in [-0.2, 0) is 5.75 Å². The van der Waals surface area contributed by atoms with Gasteiger partial charge in [-0.15, -0.1) is 10.2 Å². The number of fused-ring (bicyclic) bond motifs is 3. The Bertz CT molecular complexity index is 1100. The summed E-state index contributed by atoms with van der Waals surface area (Å²) >= 11 is 1.58. The standard InChI is InChI=1S/C25H26N4OS/c1-16-12-13-19(17(2)14-16)23-26-21-11-7-6-10-20(21)22-24(30-23)27-25(29-28-22)31-15-18-8-4-3-5-9-18/h3-12,17,19,23,26H,13-15H2,1-2H3/t17-,19-,23-/m1/s1. The number of nitrogens with one attached hydrogen (secondary N) is 1. The van der Waals surface area contributed by atoms with E-state index in [0.29, 0.717) is 28.6 Å². The highest BCUT2D eigenvalue weighted by molar-refractivity contribution is 7.98. The SMILES string of the molecule is CC1=CC[C@@H]([C@@H]2Nc3ccccc3-c3nnc(SCc4ccccc4)nc3O2)[C@H](C)C1. The van der Waals surface area contributed by atoms with Crippen molar-refractivity contribution in [2.45, 2.75) is 43.8 Å². The van der Waals surface area contributed by atoms with Crippen molar-refractivity contribution in [1.29, 1.82) is 0 Å². The molecule has 0 amide bonds. The van der Waals surface area contributed by atoms with E-state index in [1.807, 2.05) is 30.3 Å². The first-order chi connectivity index (χ1) is 15.2. The number of anilines is 1. The molecule has 0 unspecified atom stereocenters. The van der Waals surface area contributed by atoms with Crippen molar-refractivity contribution in [3.63, 3.8) is 0 Å². The Morgan fingerprint density at radius 3 is 2.71 bits per heavy atom. The number of rotatable bonds is 4. The van der Waals surface area contributed by atoms with Crippen LogP contribution in [0.3, 0.4) is 0 Å². The Hall–Kier alpha value is -2.86. The lowest BCUT2D eigenvalue weighted by atomic mass is 9.80. The molecule has 158 valence electrons. The van der Waals surface area contributed by atoms with Gasteiger partial charge < -0.3 is 10.1 Å². The third kappa shape index (κ3) is 4.30. The van der Waals surface area contributed by atoms with E-state index >= 15 is 0 Å². The maximum absolute atomic E-state index is 6.51. The van der Waals surface area contributed by atoms with Crippen LogP contribution in [0, 0.1) is 11.8 Å². The van der Waals surface area contributed by atoms with E-state index in [-0.39, 0.29) is 6.23 Å². The number of ether oxygens (including phenoxy) is 1. The van der Waals surface area contributed by atoms with Crippen molar-refractivity contribution in [2.24, 2.45) is 11.8 Å². The fourth-order valence-electron chi connectivity index (χ4n) is 4.38. The molecule has 1 aliphatic heterocycles. The van der Waals surface area contributed by atoms with Gasteiger partial charge in [-0.05, 0) is 37.3 Å². The first-order valence-corrected chi connectivity index (χ1v) is 11.8. The van der Waals surface area contributed by atoms with Crippen LogP contribution >= 0.6 is 11.8 Å². The molecule has 5 rings (SSSR count). The van der Waals surface area contributed by atoms with Gasteiger partial charge in [0.2, 0.25) is 11.0 Å². The monoisotopic (exact) mass is 430 g/mol. The molecular weight excluding hydrogens is 404 g/mol. The summed E-state index contributed by atoms with van der Waals surface area (Å²) in [4.78, 5) is 4.78. The summed E-state index contributed by atoms with van der Waals surface area (Å²) in [6.07, 6.45) is 4.27. The van der Waals surface area contributed by atoms with E-state index in [2.05, 4.69) is 59.7 Å². The van der Waals surface area contributed by atoms with Crippen molar-refractivity contribution >= 4 is 17.4 Å². The minimum atomic E-state index is -0.162. The number of aromatic nitrogens is 3.